The van der Waals surface area contributed by atoms with E-state index < -0.39 is 5.54 Å². The number of nitrogens with two attached hydrogens (primary N) is 1. The summed E-state index contributed by atoms with van der Waals surface area (Å²) in [5.41, 5.74) is 9.01. The van der Waals surface area contributed by atoms with Crippen LogP contribution in [0.25, 0.3) is 33.5 Å². The number of nitrogens with zero attached hydrogens (tertiary/aromatic N) is 7. The molecule has 3 N–H and O–H groups in total. The van der Waals surface area contributed by atoms with Gasteiger partial charge in [0.1, 0.15) is 11.4 Å². The first kappa shape index (κ1) is 17.8. The number of nitriles is 2. The molecule has 146 valence electrons. The maximum absolute atomic E-state index is 9.31. The minimum atomic E-state index is -0.436. The van der Waals surface area contributed by atoms with Crippen LogP contribution in [0.3, 0.4) is 0 Å². The molecule has 1 saturated carbocycles. The molecule has 9 heteroatoms. The number of anilines is 1. The van der Waals surface area contributed by atoms with Crippen LogP contribution in [0, 0.1) is 28.6 Å². The summed E-state index contributed by atoms with van der Waals surface area (Å²) in [6.07, 6.45) is 6.86. The van der Waals surface area contributed by atoms with E-state index in [0.717, 1.165) is 10.9 Å². The van der Waals surface area contributed by atoms with Crippen LogP contribution in [-0.4, -0.2) is 29.9 Å². The Labute approximate surface area is 171 Å². The van der Waals surface area contributed by atoms with E-state index in [1.54, 1.807) is 12.4 Å². The Kier molecular flexibility index (Phi) is 3.97. The fourth-order valence-electron chi connectivity index (χ4n) is 4.14. The minimum Gasteiger partial charge on any atom is -0.382 e. The summed E-state index contributed by atoms with van der Waals surface area (Å²) >= 11 is 0. The second kappa shape index (κ2) is 6.68. The fraction of sp³-hybridized carbons (Fsp3) is 0.238. The van der Waals surface area contributed by atoms with Crippen LogP contribution in [0.1, 0.15) is 19.3 Å². The number of hydrogen-bond acceptors (Lipinski definition) is 7. The molecule has 4 heterocycles. The highest BCUT2D eigenvalue weighted by Gasteiger charge is 2.46. The van der Waals surface area contributed by atoms with Gasteiger partial charge in [-0.25, -0.2) is 4.98 Å². The summed E-state index contributed by atoms with van der Waals surface area (Å²) in [6.45, 7) is 0. The standard InChI is InChI=1S/C21H17N9/c22-5-4-21(9-13(10-21)11-23)30-7-3-16(29-30)19-14-2-1-6-25-17(14)8-18(27-19)15-12-26-28-20(15)24/h1-3,6-8,12-13H,4,9-10H2,(H3,24,26,28). The van der Waals surface area contributed by atoms with Crippen molar-refractivity contribution in [1.82, 2.24) is 29.9 Å². The summed E-state index contributed by atoms with van der Waals surface area (Å²) in [6, 6.07) is 12.1. The average molecular weight is 395 g/mol. The number of H-pyrrole nitrogens is 1. The Balaban J connectivity index is 1.63. The lowest BCUT2D eigenvalue weighted by Crippen LogP contribution is -2.46. The molecule has 1 aliphatic rings. The zero-order chi connectivity index (χ0) is 20.7. The predicted molar refractivity (Wildman–Crippen MR) is 109 cm³/mol. The van der Waals surface area contributed by atoms with E-state index >= 15 is 0 Å². The lowest BCUT2D eigenvalue weighted by atomic mass is 9.67. The second-order valence-corrected chi connectivity index (χ2v) is 7.55. The number of fused-ring (bicyclic) bond motifs is 1. The van der Waals surface area contributed by atoms with Crippen LogP contribution in [0.2, 0.25) is 0 Å². The first-order chi connectivity index (χ1) is 14.6. The molecule has 0 unspecified atom stereocenters. The van der Waals surface area contributed by atoms with Gasteiger partial charge in [0, 0.05) is 24.0 Å². The highest BCUT2D eigenvalue weighted by atomic mass is 15.3. The van der Waals surface area contributed by atoms with Crippen molar-refractivity contribution in [3.63, 3.8) is 0 Å². The van der Waals surface area contributed by atoms with Gasteiger partial charge in [0.2, 0.25) is 0 Å². The molecule has 1 aliphatic carbocycles. The molecule has 0 aromatic carbocycles. The molecule has 0 amide bonds. The Morgan fingerprint density at radius 3 is 2.87 bits per heavy atom. The Morgan fingerprint density at radius 2 is 2.13 bits per heavy atom. The maximum Gasteiger partial charge on any atom is 0.154 e. The normalized spacial score (nSPS) is 20.4. The van der Waals surface area contributed by atoms with E-state index in [9.17, 15) is 10.5 Å². The monoisotopic (exact) mass is 395 g/mol. The molecule has 0 aliphatic heterocycles. The van der Waals surface area contributed by atoms with Gasteiger partial charge in [0.15, 0.2) is 5.82 Å². The largest absolute Gasteiger partial charge is 0.382 e. The van der Waals surface area contributed by atoms with Crippen molar-refractivity contribution < 1.29 is 0 Å². The number of rotatable bonds is 4. The maximum atomic E-state index is 9.31. The fourth-order valence-corrected chi connectivity index (χ4v) is 4.14. The van der Waals surface area contributed by atoms with Gasteiger partial charge in [-0.15, -0.1) is 0 Å². The van der Waals surface area contributed by atoms with E-state index in [2.05, 4.69) is 27.3 Å². The molecular weight excluding hydrogens is 378 g/mol. The Morgan fingerprint density at radius 1 is 1.27 bits per heavy atom. The second-order valence-electron chi connectivity index (χ2n) is 7.55. The summed E-state index contributed by atoms with van der Waals surface area (Å²) in [5, 5.41) is 30.9. The topological polar surface area (TPSA) is 146 Å². The summed E-state index contributed by atoms with van der Waals surface area (Å²) in [5.74, 6) is 0.320. The quantitative estimate of drug-likeness (QED) is 0.540. The van der Waals surface area contributed by atoms with E-state index in [-0.39, 0.29) is 5.92 Å². The van der Waals surface area contributed by atoms with Gasteiger partial charge in [0.05, 0.1) is 46.8 Å². The van der Waals surface area contributed by atoms with Crippen molar-refractivity contribution in [2.75, 3.05) is 5.73 Å². The van der Waals surface area contributed by atoms with Crippen molar-refractivity contribution in [3.8, 4) is 34.8 Å². The third-order valence-electron chi connectivity index (χ3n) is 5.71. The van der Waals surface area contributed by atoms with Gasteiger partial charge >= 0.3 is 0 Å². The van der Waals surface area contributed by atoms with Gasteiger partial charge in [-0.3, -0.25) is 14.8 Å². The van der Waals surface area contributed by atoms with Gasteiger partial charge in [-0.2, -0.15) is 20.7 Å². The molecule has 0 bridgehead atoms. The molecule has 1 fully saturated rings. The predicted octanol–water partition coefficient (Wildman–Crippen LogP) is 3.01. The average Bonchev–Trinajstić information content (AvgIpc) is 3.39. The third kappa shape index (κ3) is 2.68. The molecule has 0 saturated heterocycles. The molecule has 0 radical (unpaired) electrons. The number of nitrogen functional groups attached to an aromatic ring is 1. The van der Waals surface area contributed by atoms with E-state index in [4.69, 9.17) is 15.8 Å². The van der Waals surface area contributed by atoms with E-state index in [1.165, 1.54) is 0 Å². The van der Waals surface area contributed by atoms with Crippen molar-refractivity contribution in [3.05, 3.63) is 42.9 Å². The zero-order valence-corrected chi connectivity index (χ0v) is 15.9. The number of nitrogens with one attached hydrogen (secondary N) is 1. The molecule has 4 aromatic rings. The molecule has 4 aromatic heterocycles. The molecule has 5 rings (SSSR count). The Bertz CT molecular complexity index is 1330. The van der Waals surface area contributed by atoms with E-state index in [0.29, 0.717) is 47.7 Å². The number of aromatic amines is 1. The van der Waals surface area contributed by atoms with Crippen LogP contribution in [0.4, 0.5) is 5.82 Å². The van der Waals surface area contributed by atoms with E-state index in [1.807, 2.05) is 35.1 Å². The number of aromatic nitrogens is 6. The SMILES string of the molecule is N#CCC1(n2ccc(-c3nc(-c4c[nH]nc4N)cc4ncccc34)n2)CC(C#N)C1. The lowest BCUT2D eigenvalue weighted by Gasteiger charge is -2.43. The minimum absolute atomic E-state index is 0.0402. The number of pyridine rings is 2. The highest BCUT2D eigenvalue weighted by molar-refractivity contribution is 5.94. The van der Waals surface area contributed by atoms with Crippen molar-refractivity contribution in [2.45, 2.75) is 24.8 Å². The molecule has 0 atom stereocenters. The smallest absolute Gasteiger partial charge is 0.154 e. The highest BCUT2D eigenvalue weighted by Crippen LogP contribution is 2.46. The third-order valence-corrected chi connectivity index (χ3v) is 5.71. The van der Waals surface area contributed by atoms with Gasteiger partial charge in [-0.05, 0) is 37.1 Å². The molecule has 30 heavy (non-hydrogen) atoms. The van der Waals surface area contributed by atoms with Crippen LogP contribution >= 0.6 is 0 Å². The summed E-state index contributed by atoms with van der Waals surface area (Å²) < 4.78 is 1.82. The summed E-state index contributed by atoms with van der Waals surface area (Å²) in [7, 11) is 0. The first-order valence-electron chi connectivity index (χ1n) is 9.52. The van der Waals surface area contributed by atoms with Crippen molar-refractivity contribution in [2.24, 2.45) is 5.92 Å². The van der Waals surface area contributed by atoms with Crippen LogP contribution < -0.4 is 5.73 Å². The summed E-state index contributed by atoms with van der Waals surface area (Å²) in [4.78, 5) is 9.29. The van der Waals surface area contributed by atoms with Crippen molar-refractivity contribution >= 4 is 16.7 Å². The van der Waals surface area contributed by atoms with Gasteiger partial charge in [-0.1, -0.05) is 0 Å². The molecule has 9 nitrogen and oxygen atoms in total. The Hall–Kier alpha value is -4.24. The first-order valence-corrected chi connectivity index (χ1v) is 9.52. The van der Waals surface area contributed by atoms with Crippen molar-refractivity contribution in [1.29, 1.82) is 10.5 Å². The van der Waals surface area contributed by atoms with Gasteiger partial charge < -0.3 is 5.73 Å². The van der Waals surface area contributed by atoms with Gasteiger partial charge in [0.25, 0.3) is 0 Å². The molecular formula is C21H17N9. The lowest BCUT2D eigenvalue weighted by molar-refractivity contribution is 0.0884. The number of hydrogen-bond donors (Lipinski definition) is 2. The van der Waals surface area contributed by atoms with Crippen LogP contribution in [-0.2, 0) is 5.54 Å². The zero-order valence-electron chi connectivity index (χ0n) is 15.9. The molecule has 0 spiro atoms. The van der Waals surface area contributed by atoms with Crippen LogP contribution in [0.15, 0.2) is 42.9 Å². The van der Waals surface area contributed by atoms with Crippen LogP contribution in [0.5, 0.6) is 0 Å².